The van der Waals surface area contributed by atoms with Gasteiger partial charge >= 0.3 is 5.97 Å². The predicted octanol–water partition coefficient (Wildman–Crippen LogP) is 4.88. The van der Waals surface area contributed by atoms with Gasteiger partial charge in [-0.15, -0.1) is 0 Å². The molecule has 6 nitrogen and oxygen atoms in total. The Balaban J connectivity index is 5.91. The number of amides is 2. The maximum Gasteiger partial charge on any atom is 0.331 e. The fourth-order valence-corrected chi connectivity index (χ4v) is 4.21. The third kappa shape index (κ3) is 8.66. The summed E-state index contributed by atoms with van der Waals surface area (Å²) in [5.74, 6) is -0.605. The van der Waals surface area contributed by atoms with Gasteiger partial charge in [0.05, 0.1) is 6.04 Å². The Bertz CT molecular complexity index is 633. The first kappa shape index (κ1) is 29.1. The molecule has 0 aliphatic rings. The summed E-state index contributed by atoms with van der Waals surface area (Å²) in [6, 6.07) is -1.00. The average molecular weight is 439 g/mol. The van der Waals surface area contributed by atoms with Gasteiger partial charge in [-0.25, -0.2) is 4.79 Å². The van der Waals surface area contributed by atoms with E-state index < -0.39 is 17.4 Å². The Morgan fingerprint density at radius 2 is 1.52 bits per heavy atom. The molecule has 0 fully saturated rings. The van der Waals surface area contributed by atoms with E-state index in [9.17, 15) is 19.5 Å². The number of nitrogens with zero attached hydrogens (tertiary/aromatic N) is 1. The third-order valence-corrected chi connectivity index (χ3v) is 6.18. The molecule has 31 heavy (non-hydrogen) atoms. The van der Waals surface area contributed by atoms with Gasteiger partial charge in [-0.3, -0.25) is 9.59 Å². The van der Waals surface area contributed by atoms with Crippen LogP contribution in [0.25, 0.3) is 0 Å². The number of hydrogen-bond donors (Lipinski definition) is 2. The summed E-state index contributed by atoms with van der Waals surface area (Å²) in [6.07, 6.45) is 4.38. The molecule has 0 unspecified atom stereocenters. The summed E-state index contributed by atoms with van der Waals surface area (Å²) < 4.78 is 0. The first-order valence-corrected chi connectivity index (χ1v) is 11.7. The normalized spacial score (nSPS) is 14.7. The maximum absolute atomic E-state index is 13.5. The summed E-state index contributed by atoms with van der Waals surface area (Å²) in [5.41, 5.74) is -0.282. The molecule has 0 saturated carbocycles. The Hall–Kier alpha value is -1.85. The van der Waals surface area contributed by atoms with E-state index in [1.165, 1.54) is 6.92 Å². The van der Waals surface area contributed by atoms with Crippen LogP contribution in [-0.4, -0.2) is 46.9 Å². The van der Waals surface area contributed by atoms with E-state index in [-0.39, 0.29) is 35.3 Å². The number of aliphatic carboxylic acids is 1. The van der Waals surface area contributed by atoms with E-state index in [0.29, 0.717) is 12.3 Å². The number of nitrogens with one attached hydrogen (secondary N) is 1. The molecule has 0 aromatic rings. The summed E-state index contributed by atoms with van der Waals surface area (Å²) in [7, 11) is 1.69. The molecular weight excluding hydrogens is 392 g/mol. The van der Waals surface area contributed by atoms with Crippen LogP contribution in [0.15, 0.2) is 11.6 Å². The molecule has 0 heterocycles. The standard InChI is InChI=1S/C25H46N2O4/c1-11-25(12-2,15-17(5)6)24(31)26-20(13-16(3)4)22(28)27(10)21(18(7)8)14-19(9)23(29)30/h14,16-18,20-21H,11-13,15H2,1-10H3,(H,26,31)(H,29,30)/b19-14+/t20-,21+/m0/s1. The molecule has 0 aromatic carbocycles. The van der Waals surface area contributed by atoms with Gasteiger partial charge in [0.2, 0.25) is 11.8 Å². The number of rotatable bonds is 13. The maximum atomic E-state index is 13.5. The highest BCUT2D eigenvalue weighted by Gasteiger charge is 2.38. The smallest absolute Gasteiger partial charge is 0.331 e. The van der Waals surface area contributed by atoms with Crippen molar-refractivity contribution in [3.05, 3.63) is 11.6 Å². The Kier molecular flexibility index (Phi) is 12.1. The second-order valence-electron chi connectivity index (χ2n) is 10.1. The van der Waals surface area contributed by atoms with E-state index in [4.69, 9.17) is 0 Å². The van der Waals surface area contributed by atoms with E-state index in [1.807, 2.05) is 41.5 Å². The SMILES string of the molecule is CCC(CC)(CC(C)C)C(=O)N[C@@H](CC(C)C)C(=O)N(C)[C@H](/C=C(\C)C(=O)O)C(C)C. The molecule has 0 saturated heterocycles. The van der Waals surface area contributed by atoms with Crippen molar-refractivity contribution in [2.24, 2.45) is 23.2 Å². The van der Waals surface area contributed by atoms with Gasteiger partial charge in [0.1, 0.15) is 6.04 Å². The van der Waals surface area contributed by atoms with Crippen LogP contribution in [0, 0.1) is 23.2 Å². The quantitative estimate of drug-likeness (QED) is 0.401. The molecule has 0 rings (SSSR count). The lowest BCUT2D eigenvalue weighted by Gasteiger charge is -2.36. The lowest BCUT2D eigenvalue weighted by Crippen LogP contribution is -2.54. The van der Waals surface area contributed by atoms with Crippen molar-refractivity contribution in [1.29, 1.82) is 0 Å². The molecule has 2 atom stereocenters. The van der Waals surface area contributed by atoms with Crippen LogP contribution in [0.2, 0.25) is 0 Å². The Labute approximate surface area is 189 Å². The second kappa shape index (κ2) is 12.9. The lowest BCUT2D eigenvalue weighted by molar-refractivity contribution is -0.141. The number of likely N-dealkylation sites (N-methyl/N-ethyl adjacent to an activating group) is 1. The molecule has 0 aliphatic heterocycles. The van der Waals surface area contributed by atoms with Crippen molar-refractivity contribution in [2.75, 3.05) is 7.05 Å². The zero-order valence-electron chi connectivity index (χ0n) is 21.4. The minimum Gasteiger partial charge on any atom is -0.478 e. The van der Waals surface area contributed by atoms with Crippen LogP contribution < -0.4 is 5.32 Å². The molecule has 2 N–H and O–H groups in total. The van der Waals surface area contributed by atoms with Gasteiger partial charge < -0.3 is 15.3 Å². The number of carboxylic acid groups (broad SMARTS) is 1. The highest BCUT2D eigenvalue weighted by atomic mass is 16.4. The van der Waals surface area contributed by atoms with Crippen LogP contribution in [-0.2, 0) is 14.4 Å². The van der Waals surface area contributed by atoms with Crippen molar-refractivity contribution in [3.8, 4) is 0 Å². The average Bonchev–Trinajstić information content (AvgIpc) is 2.67. The highest BCUT2D eigenvalue weighted by Crippen LogP contribution is 2.34. The predicted molar refractivity (Wildman–Crippen MR) is 127 cm³/mol. The van der Waals surface area contributed by atoms with E-state index in [0.717, 1.165) is 19.3 Å². The van der Waals surface area contributed by atoms with E-state index in [1.54, 1.807) is 18.0 Å². The lowest BCUT2D eigenvalue weighted by atomic mass is 9.74. The fourth-order valence-electron chi connectivity index (χ4n) is 4.21. The van der Waals surface area contributed by atoms with E-state index >= 15 is 0 Å². The van der Waals surface area contributed by atoms with Gasteiger partial charge in [0.15, 0.2) is 0 Å². The van der Waals surface area contributed by atoms with Crippen molar-refractivity contribution in [1.82, 2.24) is 10.2 Å². The first-order valence-electron chi connectivity index (χ1n) is 11.7. The number of carbonyl (C=O) groups is 3. The third-order valence-electron chi connectivity index (χ3n) is 6.18. The van der Waals surface area contributed by atoms with Crippen molar-refractivity contribution in [2.45, 2.75) is 100 Å². The molecule has 0 aliphatic carbocycles. The molecule has 6 heteroatoms. The zero-order chi connectivity index (χ0) is 24.5. The van der Waals surface area contributed by atoms with Crippen LogP contribution in [0.1, 0.15) is 88.0 Å². The largest absolute Gasteiger partial charge is 0.478 e. The minimum absolute atomic E-state index is 0.0324. The highest BCUT2D eigenvalue weighted by molar-refractivity contribution is 5.90. The first-order chi connectivity index (χ1) is 14.2. The summed E-state index contributed by atoms with van der Waals surface area (Å²) in [5, 5.41) is 12.3. The van der Waals surface area contributed by atoms with Crippen molar-refractivity contribution >= 4 is 17.8 Å². The van der Waals surface area contributed by atoms with Crippen molar-refractivity contribution < 1.29 is 19.5 Å². The van der Waals surface area contributed by atoms with Gasteiger partial charge in [-0.2, -0.15) is 0 Å². The van der Waals surface area contributed by atoms with Gasteiger partial charge in [-0.1, -0.05) is 61.5 Å². The Morgan fingerprint density at radius 1 is 1.00 bits per heavy atom. The fraction of sp³-hybridized carbons (Fsp3) is 0.800. The van der Waals surface area contributed by atoms with Gasteiger partial charge in [0.25, 0.3) is 0 Å². The molecular formula is C25H46N2O4. The van der Waals surface area contributed by atoms with E-state index in [2.05, 4.69) is 19.2 Å². The van der Waals surface area contributed by atoms with Crippen molar-refractivity contribution in [3.63, 3.8) is 0 Å². The minimum atomic E-state index is -0.997. The number of carbonyl (C=O) groups excluding carboxylic acids is 2. The molecule has 0 radical (unpaired) electrons. The summed E-state index contributed by atoms with van der Waals surface area (Å²) in [4.78, 5) is 39.8. The molecule has 0 spiro atoms. The zero-order valence-corrected chi connectivity index (χ0v) is 21.4. The molecule has 2 amide bonds. The van der Waals surface area contributed by atoms with Crippen LogP contribution in [0.4, 0.5) is 0 Å². The second-order valence-corrected chi connectivity index (χ2v) is 10.1. The molecule has 0 bridgehead atoms. The van der Waals surface area contributed by atoms with Gasteiger partial charge in [-0.05, 0) is 50.4 Å². The summed E-state index contributed by atoms with van der Waals surface area (Å²) in [6.45, 7) is 17.8. The van der Waals surface area contributed by atoms with Gasteiger partial charge in [0, 0.05) is 18.0 Å². The topological polar surface area (TPSA) is 86.7 Å². The summed E-state index contributed by atoms with van der Waals surface area (Å²) >= 11 is 0. The number of hydrogen-bond acceptors (Lipinski definition) is 3. The number of carboxylic acids is 1. The van der Waals surface area contributed by atoms with Crippen LogP contribution >= 0.6 is 0 Å². The Morgan fingerprint density at radius 3 is 1.87 bits per heavy atom. The van der Waals surface area contributed by atoms with Crippen LogP contribution in [0.5, 0.6) is 0 Å². The van der Waals surface area contributed by atoms with Crippen LogP contribution in [0.3, 0.4) is 0 Å². The monoisotopic (exact) mass is 438 g/mol. The molecule has 180 valence electrons. The molecule has 0 aromatic heterocycles.